The van der Waals surface area contributed by atoms with E-state index in [1.807, 2.05) is 0 Å². The van der Waals surface area contributed by atoms with Crippen LogP contribution in [0.15, 0.2) is 0 Å². The summed E-state index contributed by atoms with van der Waals surface area (Å²) in [7, 11) is 0. The Bertz CT molecular complexity index is 271. The lowest BCUT2D eigenvalue weighted by molar-refractivity contribution is -0.132. The molecule has 1 N–H and O–H groups in total. The Kier molecular flexibility index (Phi) is 6.11. The van der Waals surface area contributed by atoms with Gasteiger partial charge in [0.05, 0.1) is 6.10 Å². The van der Waals surface area contributed by atoms with E-state index in [0.29, 0.717) is 24.5 Å². The van der Waals surface area contributed by atoms with Gasteiger partial charge in [-0.25, -0.2) is 0 Å². The van der Waals surface area contributed by atoms with E-state index in [9.17, 15) is 4.79 Å². The zero-order valence-corrected chi connectivity index (χ0v) is 12.2. The number of nitrogens with one attached hydrogen (secondary N) is 1. The Balaban J connectivity index is 1.73. The molecule has 0 spiro atoms. The van der Waals surface area contributed by atoms with E-state index < -0.39 is 0 Å². The zero-order valence-electron chi connectivity index (χ0n) is 12.2. The van der Waals surface area contributed by atoms with Gasteiger partial charge in [-0.2, -0.15) is 0 Å². The molecule has 2 heterocycles. The Morgan fingerprint density at radius 3 is 2.89 bits per heavy atom. The van der Waals surface area contributed by atoms with Gasteiger partial charge in [0.2, 0.25) is 5.91 Å². The lowest BCUT2D eigenvalue weighted by atomic mass is 10.1. The first-order valence-electron chi connectivity index (χ1n) is 7.92. The van der Waals surface area contributed by atoms with E-state index in [-0.39, 0.29) is 0 Å². The number of hydrogen-bond acceptors (Lipinski definition) is 3. The lowest BCUT2D eigenvalue weighted by Gasteiger charge is -2.26. The Hall–Kier alpha value is -0.610. The van der Waals surface area contributed by atoms with E-state index in [2.05, 4.69) is 17.1 Å². The molecule has 0 aromatic heterocycles. The molecule has 2 aliphatic heterocycles. The molecule has 0 radical (unpaired) electrons. The molecule has 19 heavy (non-hydrogen) atoms. The monoisotopic (exact) mass is 268 g/mol. The second kappa shape index (κ2) is 7.85. The summed E-state index contributed by atoms with van der Waals surface area (Å²) in [6.07, 6.45) is 7.66. The van der Waals surface area contributed by atoms with Crippen LogP contribution in [0.4, 0.5) is 0 Å². The van der Waals surface area contributed by atoms with Gasteiger partial charge < -0.3 is 15.0 Å². The summed E-state index contributed by atoms with van der Waals surface area (Å²) in [5.74, 6) is 0.311. The Labute approximate surface area is 116 Å². The fourth-order valence-corrected chi connectivity index (χ4v) is 3.08. The number of amides is 1. The minimum absolute atomic E-state index is 0.311. The highest BCUT2D eigenvalue weighted by atomic mass is 16.5. The summed E-state index contributed by atoms with van der Waals surface area (Å²) in [6.45, 7) is 5.90. The fourth-order valence-electron chi connectivity index (χ4n) is 3.08. The first kappa shape index (κ1) is 14.8. The van der Waals surface area contributed by atoms with Crippen molar-refractivity contribution in [2.45, 2.75) is 64.0 Å². The molecule has 2 rings (SSSR count). The summed E-state index contributed by atoms with van der Waals surface area (Å²) in [5, 5.41) is 3.48. The van der Waals surface area contributed by atoms with Crippen LogP contribution >= 0.6 is 0 Å². The quantitative estimate of drug-likeness (QED) is 0.767. The summed E-state index contributed by atoms with van der Waals surface area (Å²) < 4.78 is 5.59. The molecule has 2 fully saturated rings. The second-order valence-electron chi connectivity index (χ2n) is 5.81. The van der Waals surface area contributed by atoms with Gasteiger partial charge in [-0.1, -0.05) is 6.92 Å². The maximum atomic E-state index is 12.3. The van der Waals surface area contributed by atoms with Crippen molar-refractivity contribution in [2.24, 2.45) is 0 Å². The number of rotatable bonds is 7. The summed E-state index contributed by atoms with van der Waals surface area (Å²) in [4.78, 5) is 14.4. The molecule has 0 saturated carbocycles. The standard InChI is InChI=1S/C15H28N2O2/c1-2-10-17(12-13-5-3-9-16-13)15(18)8-7-14-6-4-11-19-14/h13-14,16H,2-12H2,1H3. The van der Waals surface area contributed by atoms with Crippen LogP contribution in [-0.4, -0.2) is 49.2 Å². The third-order valence-electron chi connectivity index (χ3n) is 4.15. The SMILES string of the molecule is CCCN(CC1CCCN1)C(=O)CCC1CCCO1. The predicted molar refractivity (Wildman–Crippen MR) is 76.1 cm³/mol. The number of carbonyl (C=O) groups excluding carboxylic acids is 1. The third-order valence-corrected chi connectivity index (χ3v) is 4.15. The van der Waals surface area contributed by atoms with Crippen molar-refractivity contribution in [1.29, 1.82) is 0 Å². The third kappa shape index (κ3) is 4.77. The minimum Gasteiger partial charge on any atom is -0.378 e. The average Bonchev–Trinajstić information content (AvgIpc) is 3.08. The first-order valence-corrected chi connectivity index (χ1v) is 7.92. The fraction of sp³-hybridized carbons (Fsp3) is 0.933. The molecule has 110 valence electrons. The van der Waals surface area contributed by atoms with Gasteiger partial charge in [-0.05, 0) is 45.1 Å². The Morgan fingerprint density at radius 1 is 1.37 bits per heavy atom. The van der Waals surface area contributed by atoms with Crippen LogP contribution in [0.3, 0.4) is 0 Å². The molecule has 0 aromatic carbocycles. The van der Waals surface area contributed by atoms with Crippen LogP contribution in [0, 0.1) is 0 Å². The van der Waals surface area contributed by atoms with Gasteiger partial charge in [0.1, 0.15) is 0 Å². The van der Waals surface area contributed by atoms with E-state index >= 15 is 0 Å². The molecule has 0 bridgehead atoms. The summed E-state index contributed by atoms with van der Waals surface area (Å²) in [6, 6.07) is 0.512. The van der Waals surface area contributed by atoms with Gasteiger partial charge in [-0.15, -0.1) is 0 Å². The average molecular weight is 268 g/mol. The topological polar surface area (TPSA) is 41.6 Å². The van der Waals surface area contributed by atoms with Gasteiger partial charge >= 0.3 is 0 Å². The van der Waals surface area contributed by atoms with Crippen molar-refractivity contribution < 1.29 is 9.53 Å². The summed E-state index contributed by atoms with van der Waals surface area (Å²) in [5.41, 5.74) is 0. The minimum atomic E-state index is 0.311. The largest absolute Gasteiger partial charge is 0.378 e. The molecule has 2 saturated heterocycles. The van der Waals surface area contributed by atoms with E-state index in [4.69, 9.17) is 4.74 Å². The van der Waals surface area contributed by atoms with E-state index in [1.54, 1.807) is 0 Å². The highest BCUT2D eigenvalue weighted by Gasteiger charge is 2.22. The summed E-state index contributed by atoms with van der Waals surface area (Å²) >= 11 is 0. The van der Waals surface area contributed by atoms with Crippen LogP contribution in [0.5, 0.6) is 0 Å². The first-order chi connectivity index (χ1) is 9.29. The van der Waals surface area contributed by atoms with E-state index in [0.717, 1.165) is 51.9 Å². The van der Waals surface area contributed by atoms with Gasteiger partial charge in [0, 0.05) is 32.2 Å². The molecular formula is C15H28N2O2. The van der Waals surface area contributed by atoms with Crippen LogP contribution < -0.4 is 5.32 Å². The highest BCUT2D eigenvalue weighted by molar-refractivity contribution is 5.76. The van der Waals surface area contributed by atoms with Crippen molar-refractivity contribution in [3.05, 3.63) is 0 Å². The molecule has 4 heteroatoms. The van der Waals surface area contributed by atoms with Crippen LogP contribution in [0.2, 0.25) is 0 Å². The van der Waals surface area contributed by atoms with E-state index in [1.165, 1.54) is 12.8 Å². The van der Waals surface area contributed by atoms with Crippen LogP contribution in [0.25, 0.3) is 0 Å². The van der Waals surface area contributed by atoms with Crippen molar-refractivity contribution in [2.75, 3.05) is 26.2 Å². The van der Waals surface area contributed by atoms with Gasteiger partial charge in [-0.3, -0.25) is 4.79 Å². The molecule has 2 aliphatic rings. The number of nitrogens with zero attached hydrogens (tertiary/aromatic N) is 1. The Morgan fingerprint density at radius 2 is 2.26 bits per heavy atom. The number of hydrogen-bond donors (Lipinski definition) is 1. The number of ether oxygens (including phenoxy) is 1. The van der Waals surface area contributed by atoms with Crippen molar-refractivity contribution in [3.63, 3.8) is 0 Å². The van der Waals surface area contributed by atoms with Gasteiger partial charge in [0.15, 0.2) is 0 Å². The van der Waals surface area contributed by atoms with Crippen molar-refractivity contribution >= 4 is 5.91 Å². The maximum absolute atomic E-state index is 12.3. The molecular weight excluding hydrogens is 240 g/mol. The molecule has 1 amide bonds. The van der Waals surface area contributed by atoms with Gasteiger partial charge in [0.25, 0.3) is 0 Å². The van der Waals surface area contributed by atoms with Crippen LogP contribution in [-0.2, 0) is 9.53 Å². The molecule has 0 aromatic rings. The smallest absolute Gasteiger partial charge is 0.222 e. The van der Waals surface area contributed by atoms with Crippen molar-refractivity contribution in [1.82, 2.24) is 10.2 Å². The second-order valence-corrected chi connectivity index (χ2v) is 5.81. The van der Waals surface area contributed by atoms with Crippen molar-refractivity contribution in [3.8, 4) is 0 Å². The zero-order chi connectivity index (χ0) is 13.5. The molecule has 2 unspecified atom stereocenters. The normalized spacial score (nSPS) is 26.8. The maximum Gasteiger partial charge on any atom is 0.222 e. The van der Waals surface area contributed by atoms with Crippen LogP contribution in [0.1, 0.15) is 51.9 Å². The molecule has 2 atom stereocenters. The number of carbonyl (C=O) groups is 1. The highest BCUT2D eigenvalue weighted by Crippen LogP contribution is 2.18. The molecule has 4 nitrogen and oxygen atoms in total. The lowest BCUT2D eigenvalue weighted by Crippen LogP contribution is -2.41. The predicted octanol–water partition coefficient (Wildman–Crippen LogP) is 1.94. The molecule has 0 aliphatic carbocycles.